The normalized spacial score (nSPS) is 21.9. The molecule has 5 rings (SSSR count). The van der Waals surface area contributed by atoms with Gasteiger partial charge in [0.1, 0.15) is 29.8 Å². The first-order valence-electron chi connectivity index (χ1n) is 10.2. The zero-order valence-electron chi connectivity index (χ0n) is 16.9. The van der Waals surface area contributed by atoms with Gasteiger partial charge in [-0.2, -0.15) is 0 Å². The number of rotatable bonds is 5. The molecule has 1 aromatic carbocycles. The van der Waals surface area contributed by atoms with Gasteiger partial charge >= 0.3 is 6.09 Å². The smallest absolute Gasteiger partial charge is 0.416 e. The predicted molar refractivity (Wildman–Crippen MR) is 106 cm³/mol. The SMILES string of the molecule is C[C@H](Cc1ccc2c(c1)OC1(CC1)Cn1cc(N3C(=O)OC[C@H]3C(F)F)nc1-2)C(N)=O. The van der Waals surface area contributed by atoms with Gasteiger partial charge < -0.3 is 19.8 Å². The van der Waals surface area contributed by atoms with E-state index in [1.54, 1.807) is 13.1 Å². The first-order valence-corrected chi connectivity index (χ1v) is 10.2. The summed E-state index contributed by atoms with van der Waals surface area (Å²) in [5.74, 6) is 0.603. The number of amides is 2. The molecule has 0 bridgehead atoms. The Hall–Kier alpha value is -3.17. The number of carbonyl (C=O) groups excluding carboxylic acids is 2. The van der Waals surface area contributed by atoms with Crippen molar-refractivity contribution >= 4 is 17.8 Å². The van der Waals surface area contributed by atoms with Gasteiger partial charge in [0.25, 0.3) is 6.43 Å². The number of nitrogens with two attached hydrogens (primary N) is 1. The molecule has 2 aliphatic heterocycles. The number of aromatic nitrogens is 2. The fraction of sp³-hybridized carbons (Fsp3) is 0.476. The van der Waals surface area contributed by atoms with E-state index in [9.17, 15) is 18.4 Å². The molecule has 8 nitrogen and oxygen atoms in total. The van der Waals surface area contributed by atoms with Crippen LogP contribution in [-0.4, -0.2) is 46.2 Å². The number of benzene rings is 1. The van der Waals surface area contributed by atoms with Gasteiger partial charge in [-0.05, 0) is 37.0 Å². The summed E-state index contributed by atoms with van der Waals surface area (Å²) in [6.45, 7) is 1.90. The second-order valence-corrected chi connectivity index (χ2v) is 8.52. The molecule has 0 unspecified atom stereocenters. The molecule has 1 saturated carbocycles. The lowest BCUT2D eigenvalue weighted by Crippen LogP contribution is -2.39. The van der Waals surface area contributed by atoms with E-state index in [0.29, 0.717) is 30.1 Å². The van der Waals surface area contributed by atoms with Crippen LogP contribution in [0.25, 0.3) is 11.4 Å². The first kappa shape index (κ1) is 19.8. The minimum Gasteiger partial charge on any atom is -0.485 e. The standard InChI is InChI=1S/C21H22F2N4O4/c1-11(18(24)28)6-12-2-3-13-15(7-12)31-21(4-5-21)10-26-8-16(25-19(13)26)27-14(17(22)23)9-30-20(27)29/h2-3,7-8,11,14,17H,4-6,9-10H2,1H3,(H2,24,28)/t11-,14+/m1/s1. The molecule has 31 heavy (non-hydrogen) atoms. The molecule has 0 radical (unpaired) electrons. The van der Waals surface area contributed by atoms with Crippen molar-refractivity contribution in [1.29, 1.82) is 0 Å². The third-order valence-electron chi connectivity index (χ3n) is 6.11. The van der Waals surface area contributed by atoms with Gasteiger partial charge in [-0.15, -0.1) is 0 Å². The van der Waals surface area contributed by atoms with E-state index in [1.165, 1.54) is 0 Å². The average Bonchev–Trinajstić information content (AvgIpc) is 3.19. The van der Waals surface area contributed by atoms with E-state index < -0.39 is 18.6 Å². The molecule has 2 amide bonds. The number of anilines is 1. The van der Waals surface area contributed by atoms with Gasteiger partial charge in [-0.25, -0.2) is 23.5 Å². The summed E-state index contributed by atoms with van der Waals surface area (Å²) >= 11 is 0. The van der Waals surface area contributed by atoms with Crippen molar-refractivity contribution in [3.63, 3.8) is 0 Å². The summed E-state index contributed by atoms with van der Waals surface area (Å²) in [6.07, 6.45) is 0.229. The Morgan fingerprint density at radius 1 is 1.39 bits per heavy atom. The van der Waals surface area contributed by atoms with Gasteiger partial charge in [-0.3, -0.25) is 4.79 Å². The number of imidazole rings is 1. The van der Waals surface area contributed by atoms with Crippen LogP contribution >= 0.6 is 0 Å². The molecule has 1 spiro atoms. The Kier molecular flexibility index (Phi) is 4.42. The highest BCUT2D eigenvalue weighted by Crippen LogP contribution is 2.48. The number of primary amides is 1. The van der Waals surface area contributed by atoms with E-state index in [1.807, 2.05) is 22.8 Å². The molecule has 1 aliphatic carbocycles. The Balaban J connectivity index is 1.55. The maximum Gasteiger partial charge on any atom is 0.416 e. The van der Waals surface area contributed by atoms with Gasteiger partial charge in [0.2, 0.25) is 5.91 Å². The molecule has 3 heterocycles. The summed E-state index contributed by atoms with van der Waals surface area (Å²) in [5, 5.41) is 0. The van der Waals surface area contributed by atoms with Gasteiger partial charge in [0, 0.05) is 12.1 Å². The van der Waals surface area contributed by atoms with Gasteiger partial charge in [-0.1, -0.05) is 13.0 Å². The summed E-state index contributed by atoms with van der Waals surface area (Å²) in [4.78, 5) is 29.0. The van der Waals surface area contributed by atoms with Crippen LogP contribution in [-0.2, 0) is 22.5 Å². The average molecular weight is 432 g/mol. The number of carbonyl (C=O) groups is 2. The number of alkyl halides is 2. The van der Waals surface area contributed by atoms with Crippen LogP contribution in [0.3, 0.4) is 0 Å². The lowest BCUT2D eigenvalue weighted by atomic mass is 9.99. The molecule has 164 valence electrons. The predicted octanol–water partition coefficient (Wildman–Crippen LogP) is 2.73. The van der Waals surface area contributed by atoms with Crippen molar-refractivity contribution in [3.8, 4) is 17.1 Å². The minimum atomic E-state index is -2.74. The Morgan fingerprint density at radius 3 is 2.84 bits per heavy atom. The molecular weight excluding hydrogens is 410 g/mol. The van der Waals surface area contributed by atoms with Crippen molar-refractivity contribution < 1.29 is 27.8 Å². The third kappa shape index (κ3) is 3.39. The molecule has 2 N–H and O–H groups in total. The molecule has 10 heteroatoms. The van der Waals surface area contributed by atoms with E-state index in [4.69, 9.17) is 15.2 Å². The van der Waals surface area contributed by atoms with E-state index >= 15 is 0 Å². The number of fused-ring (bicyclic) bond motifs is 3. The maximum absolute atomic E-state index is 13.4. The zero-order valence-corrected chi connectivity index (χ0v) is 16.9. The summed E-state index contributed by atoms with van der Waals surface area (Å²) in [7, 11) is 0. The van der Waals surface area contributed by atoms with E-state index in [2.05, 4.69) is 4.98 Å². The molecular formula is C21H22F2N4O4. The number of halogens is 2. The van der Waals surface area contributed by atoms with E-state index in [0.717, 1.165) is 23.3 Å². The molecule has 3 aliphatic rings. The fourth-order valence-electron chi connectivity index (χ4n) is 4.13. The molecule has 1 aromatic heterocycles. The van der Waals surface area contributed by atoms with Crippen molar-refractivity contribution in [2.75, 3.05) is 11.5 Å². The molecule has 1 saturated heterocycles. The Labute approximate surface area is 176 Å². The maximum atomic E-state index is 13.4. The minimum absolute atomic E-state index is 0.137. The third-order valence-corrected chi connectivity index (χ3v) is 6.11. The number of ether oxygens (including phenoxy) is 2. The van der Waals surface area contributed by atoms with Crippen molar-refractivity contribution in [2.45, 2.75) is 50.8 Å². The van der Waals surface area contributed by atoms with Crippen LogP contribution in [0, 0.1) is 5.92 Å². The van der Waals surface area contributed by atoms with Crippen LogP contribution in [0.1, 0.15) is 25.3 Å². The van der Waals surface area contributed by atoms with Crippen LogP contribution in [0.15, 0.2) is 24.4 Å². The van der Waals surface area contributed by atoms with Gasteiger partial charge in [0.05, 0.1) is 12.1 Å². The Morgan fingerprint density at radius 2 is 2.16 bits per heavy atom. The highest BCUT2D eigenvalue weighted by atomic mass is 19.3. The second kappa shape index (κ2) is 6.93. The molecule has 2 atom stereocenters. The summed E-state index contributed by atoms with van der Waals surface area (Å²) < 4.78 is 39.8. The number of hydrogen-bond acceptors (Lipinski definition) is 5. The Bertz CT molecular complexity index is 1070. The highest BCUT2D eigenvalue weighted by Gasteiger charge is 2.49. The summed E-state index contributed by atoms with van der Waals surface area (Å²) in [5.41, 5.74) is 6.61. The van der Waals surface area contributed by atoms with Crippen LogP contribution in [0.5, 0.6) is 5.75 Å². The molecule has 2 fully saturated rings. The van der Waals surface area contributed by atoms with Crippen LogP contribution in [0.2, 0.25) is 0 Å². The quantitative estimate of drug-likeness (QED) is 0.783. The summed E-state index contributed by atoms with van der Waals surface area (Å²) in [6, 6.07) is 4.23. The van der Waals surface area contributed by atoms with Crippen LogP contribution in [0.4, 0.5) is 19.4 Å². The van der Waals surface area contributed by atoms with Crippen molar-refractivity contribution in [1.82, 2.24) is 9.55 Å². The van der Waals surface area contributed by atoms with E-state index in [-0.39, 0.29) is 29.9 Å². The number of hydrogen-bond donors (Lipinski definition) is 1. The highest BCUT2D eigenvalue weighted by molar-refractivity contribution is 5.89. The monoisotopic (exact) mass is 432 g/mol. The number of nitrogens with zero attached hydrogens (tertiary/aromatic N) is 3. The second-order valence-electron chi connectivity index (χ2n) is 8.52. The lowest BCUT2D eigenvalue weighted by molar-refractivity contribution is -0.121. The van der Waals surface area contributed by atoms with Crippen molar-refractivity contribution in [2.24, 2.45) is 11.7 Å². The lowest BCUT2D eigenvalue weighted by Gasteiger charge is -2.19. The first-order chi connectivity index (χ1) is 14.8. The topological polar surface area (TPSA) is 99.7 Å². The van der Waals surface area contributed by atoms with Crippen molar-refractivity contribution in [3.05, 3.63) is 30.0 Å². The van der Waals surface area contributed by atoms with Gasteiger partial charge in [0.15, 0.2) is 5.82 Å². The molecule has 2 aromatic rings. The number of cyclic esters (lactones) is 1. The zero-order chi connectivity index (χ0) is 21.9. The fourth-order valence-corrected chi connectivity index (χ4v) is 4.13. The van der Waals surface area contributed by atoms with Crippen LogP contribution < -0.4 is 15.4 Å². The largest absolute Gasteiger partial charge is 0.485 e.